The van der Waals surface area contributed by atoms with E-state index in [1.165, 1.54) is 12.1 Å². The van der Waals surface area contributed by atoms with E-state index in [4.69, 9.17) is 0 Å². The minimum absolute atomic E-state index is 0.111. The summed E-state index contributed by atoms with van der Waals surface area (Å²) in [7, 11) is -3.53. The number of aliphatic hydroxyl groups is 2. The third kappa shape index (κ3) is 3.79. The van der Waals surface area contributed by atoms with Crippen LogP contribution < -0.4 is 4.72 Å². The first-order chi connectivity index (χ1) is 9.38. The maximum absolute atomic E-state index is 12.2. The Morgan fingerprint density at radius 2 is 1.70 bits per heavy atom. The number of benzene rings is 1. The van der Waals surface area contributed by atoms with Gasteiger partial charge in [-0.3, -0.25) is 0 Å². The number of aliphatic hydroxyl groups excluding tert-OH is 2. The summed E-state index contributed by atoms with van der Waals surface area (Å²) in [5.74, 6) is 0. The minimum atomic E-state index is -3.53. The monoisotopic (exact) mass is 299 g/mol. The summed E-state index contributed by atoms with van der Waals surface area (Å²) in [5.41, 5.74) is 0.685. The first-order valence-electron chi connectivity index (χ1n) is 6.87. The van der Waals surface area contributed by atoms with Crippen molar-refractivity contribution in [2.75, 3.05) is 0 Å². The number of hydrogen-bond donors (Lipinski definition) is 3. The molecular weight excluding hydrogens is 278 g/mol. The smallest absolute Gasteiger partial charge is 0.240 e. The van der Waals surface area contributed by atoms with Crippen molar-refractivity contribution in [1.29, 1.82) is 0 Å². The molecule has 1 unspecified atom stereocenters. The SMILES string of the molecule is CC(O)c1ccc(S(=O)(=O)NC2CCC(O)CC2)cc1. The number of sulfonamides is 1. The van der Waals surface area contributed by atoms with Gasteiger partial charge in [-0.15, -0.1) is 0 Å². The predicted octanol–water partition coefficient (Wildman–Crippen LogP) is 1.32. The molecule has 1 aliphatic rings. The van der Waals surface area contributed by atoms with Gasteiger partial charge >= 0.3 is 0 Å². The van der Waals surface area contributed by atoms with Crippen LogP contribution in [0.25, 0.3) is 0 Å². The zero-order chi connectivity index (χ0) is 14.8. The molecule has 0 aliphatic heterocycles. The second kappa shape index (κ2) is 6.22. The molecule has 0 heterocycles. The molecule has 0 spiro atoms. The fourth-order valence-electron chi connectivity index (χ4n) is 2.41. The summed E-state index contributed by atoms with van der Waals surface area (Å²) in [6.07, 6.45) is 1.67. The summed E-state index contributed by atoms with van der Waals surface area (Å²) < 4.78 is 27.1. The molecule has 112 valence electrons. The van der Waals surface area contributed by atoms with Gasteiger partial charge in [0.25, 0.3) is 0 Å². The van der Waals surface area contributed by atoms with Crippen molar-refractivity contribution in [2.24, 2.45) is 0 Å². The van der Waals surface area contributed by atoms with Crippen LogP contribution in [-0.2, 0) is 10.0 Å². The Kier molecular flexibility index (Phi) is 4.80. The van der Waals surface area contributed by atoms with E-state index in [1.54, 1.807) is 19.1 Å². The van der Waals surface area contributed by atoms with Gasteiger partial charge in [-0.05, 0) is 50.3 Å². The number of rotatable bonds is 4. The van der Waals surface area contributed by atoms with Crippen LogP contribution >= 0.6 is 0 Å². The zero-order valence-electron chi connectivity index (χ0n) is 11.5. The van der Waals surface area contributed by atoms with E-state index in [2.05, 4.69) is 4.72 Å². The second-order valence-electron chi connectivity index (χ2n) is 5.37. The Morgan fingerprint density at radius 3 is 2.20 bits per heavy atom. The highest BCUT2D eigenvalue weighted by atomic mass is 32.2. The standard InChI is InChI=1S/C14H21NO4S/c1-10(16)11-2-8-14(9-3-11)20(18,19)15-12-4-6-13(17)7-5-12/h2-3,8-10,12-13,15-17H,4-7H2,1H3. The number of nitrogens with one attached hydrogen (secondary N) is 1. The Morgan fingerprint density at radius 1 is 1.15 bits per heavy atom. The van der Waals surface area contributed by atoms with E-state index < -0.39 is 16.1 Å². The van der Waals surface area contributed by atoms with Crippen molar-refractivity contribution in [3.05, 3.63) is 29.8 Å². The minimum Gasteiger partial charge on any atom is -0.393 e. The van der Waals surface area contributed by atoms with E-state index in [-0.39, 0.29) is 17.0 Å². The van der Waals surface area contributed by atoms with Gasteiger partial charge < -0.3 is 10.2 Å². The van der Waals surface area contributed by atoms with Gasteiger partial charge in [0.2, 0.25) is 10.0 Å². The van der Waals surface area contributed by atoms with Crippen LogP contribution in [0, 0.1) is 0 Å². The highest BCUT2D eigenvalue weighted by molar-refractivity contribution is 7.89. The van der Waals surface area contributed by atoms with Gasteiger partial charge in [-0.1, -0.05) is 12.1 Å². The summed E-state index contributed by atoms with van der Waals surface area (Å²) in [6, 6.07) is 6.12. The molecule has 0 radical (unpaired) electrons. The Labute approximate surface area is 119 Å². The Balaban J connectivity index is 2.06. The van der Waals surface area contributed by atoms with E-state index in [0.29, 0.717) is 31.2 Å². The first-order valence-corrected chi connectivity index (χ1v) is 8.35. The fraction of sp³-hybridized carbons (Fsp3) is 0.571. The lowest BCUT2D eigenvalue weighted by atomic mass is 9.94. The molecule has 1 fully saturated rings. The Bertz CT molecular complexity index is 531. The van der Waals surface area contributed by atoms with Crippen molar-refractivity contribution in [3.8, 4) is 0 Å². The second-order valence-corrected chi connectivity index (χ2v) is 7.09. The van der Waals surface area contributed by atoms with E-state index in [1.807, 2.05) is 0 Å². The van der Waals surface area contributed by atoms with Crippen molar-refractivity contribution in [3.63, 3.8) is 0 Å². The van der Waals surface area contributed by atoms with Crippen LogP contribution in [0.4, 0.5) is 0 Å². The molecule has 1 aromatic carbocycles. The van der Waals surface area contributed by atoms with Crippen LogP contribution in [-0.4, -0.2) is 30.8 Å². The molecule has 0 amide bonds. The Hall–Kier alpha value is -0.950. The average molecular weight is 299 g/mol. The van der Waals surface area contributed by atoms with E-state index >= 15 is 0 Å². The van der Waals surface area contributed by atoms with Crippen LogP contribution in [0.1, 0.15) is 44.3 Å². The third-order valence-corrected chi connectivity index (χ3v) is 5.23. The van der Waals surface area contributed by atoms with Gasteiger partial charge in [0.05, 0.1) is 17.1 Å². The molecule has 1 aliphatic carbocycles. The topological polar surface area (TPSA) is 86.6 Å². The summed E-state index contributed by atoms with van der Waals surface area (Å²) >= 11 is 0. The highest BCUT2D eigenvalue weighted by Crippen LogP contribution is 2.21. The van der Waals surface area contributed by atoms with Crippen molar-refractivity contribution >= 4 is 10.0 Å². The molecule has 5 nitrogen and oxygen atoms in total. The molecule has 6 heteroatoms. The highest BCUT2D eigenvalue weighted by Gasteiger charge is 2.24. The molecule has 1 saturated carbocycles. The molecule has 2 rings (SSSR count). The lowest BCUT2D eigenvalue weighted by Crippen LogP contribution is -2.38. The summed E-state index contributed by atoms with van der Waals surface area (Å²) in [6.45, 7) is 1.63. The van der Waals surface area contributed by atoms with Crippen molar-refractivity contribution in [1.82, 2.24) is 4.72 Å². The maximum atomic E-state index is 12.2. The lowest BCUT2D eigenvalue weighted by molar-refractivity contribution is 0.120. The van der Waals surface area contributed by atoms with Crippen LogP contribution in [0.2, 0.25) is 0 Å². The zero-order valence-corrected chi connectivity index (χ0v) is 12.3. The third-order valence-electron chi connectivity index (χ3n) is 3.69. The molecule has 20 heavy (non-hydrogen) atoms. The lowest BCUT2D eigenvalue weighted by Gasteiger charge is -2.26. The molecule has 0 saturated heterocycles. The molecule has 0 bridgehead atoms. The normalized spacial score (nSPS) is 25.4. The first kappa shape index (κ1) is 15.4. The summed E-state index contributed by atoms with van der Waals surface area (Å²) in [4.78, 5) is 0.202. The van der Waals surface area contributed by atoms with Gasteiger partial charge in [-0.2, -0.15) is 0 Å². The van der Waals surface area contributed by atoms with E-state index in [9.17, 15) is 18.6 Å². The van der Waals surface area contributed by atoms with Gasteiger partial charge in [0.15, 0.2) is 0 Å². The van der Waals surface area contributed by atoms with E-state index in [0.717, 1.165) is 0 Å². The molecule has 1 atom stereocenters. The van der Waals surface area contributed by atoms with Crippen molar-refractivity contribution in [2.45, 2.75) is 55.8 Å². The number of hydrogen-bond acceptors (Lipinski definition) is 4. The van der Waals surface area contributed by atoms with Crippen molar-refractivity contribution < 1.29 is 18.6 Å². The van der Waals surface area contributed by atoms with Crippen LogP contribution in [0.5, 0.6) is 0 Å². The van der Waals surface area contributed by atoms with Gasteiger partial charge in [0.1, 0.15) is 0 Å². The predicted molar refractivity (Wildman–Crippen MR) is 75.7 cm³/mol. The average Bonchev–Trinajstić information content (AvgIpc) is 2.41. The molecule has 3 N–H and O–H groups in total. The quantitative estimate of drug-likeness (QED) is 0.782. The molecule has 0 aromatic heterocycles. The molecular formula is C14H21NO4S. The fourth-order valence-corrected chi connectivity index (χ4v) is 3.71. The van der Waals surface area contributed by atoms with Gasteiger partial charge in [0, 0.05) is 6.04 Å². The van der Waals surface area contributed by atoms with Gasteiger partial charge in [-0.25, -0.2) is 13.1 Å². The van der Waals surface area contributed by atoms with Crippen LogP contribution in [0.3, 0.4) is 0 Å². The summed E-state index contributed by atoms with van der Waals surface area (Å²) in [5, 5.41) is 18.8. The molecule has 1 aromatic rings. The maximum Gasteiger partial charge on any atom is 0.240 e. The largest absolute Gasteiger partial charge is 0.393 e. The van der Waals surface area contributed by atoms with Crippen LogP contribution in [0.15, 0.2) is 29.2 Å².